The van der Waals surface area contributed by atoms with E-state index >= 15 is 0 Å². The Hall–Kier alpha value is -4.29. The van der Waals surface area contributed by atoms with Gasteiger partial charge in [0.1, 0.15) is 23.3 Å². The maximum Gasteiger partial charge on any atom is 0.225 e. The lowest BCUT2D eigenvalue weighted by molar-refractivity contribution is -0.120. The van der Waals surface area contributed by atoms with Crippen LogP contribution in [-0.4, -0.2) is 16.0 Å². The number of furan rings is 1. The van der Waals surface area contributed by atoms with Gasteiger partial charge in [0.05, 0.1) is 18.7 Å². The molecule has 5 rings (SSSR count). The van der Waals surface area contributed by atoms with Gasteiger partial charge < -0.3 is 14.8 Å². The predicted molar refractivity (Wildman–Crippen MR) is 145 cm³/mol. The Morgan fingerprint density at radius 3 is 2.61 bits per heavy atom. The monoisotopic (exact) mass is 508 g/mol. The van der Waals surface area contributed by atoms with Crippen LogP contribution in [0.2, 0.25) is 0 Å². The fourth-order valence-electron chi connectivity index (χ4n) is 4.80. The number of nitrogens with zero attached hydrogens (tertiary/aromatic N) is 1. The van der Waals surface area contributed by atoms with Crippen LogP contribution in [0.5, 0.6) is 0 Å². The Labute approximate surface area is 221 Å². The minimum atomic E-state index is -1.00. The molecular weight excluding hydrogens is 479 g/mol. The first-order valence-electron chi connectivity index (χ1n) is 12.6. The van der Waals surface area contributed by atoms with Crippen molar-refractivity contribution in [1.29, 1.82) is 0 Å². The minimum Gasteiger partial charge on any atom is -0.458 e. The summed E-state index contributed by atoms with van der Waals surface area (Å²) in [5.74, 6) is -0.225. The number of hydrogen-bond acceptors (Lipinski definition) is 4. The lowest BCUT2D eigenvalue weighted by Gasteiger charge is -2.22. The zero-order valence-electron chi connectivity index (χ0n) is 21.3. The van der Waals surface area contributed by atoms with Crippen LogP contribution in [-0.2, 0) is 17.6 Å². The van der Waals surface area contributed by atoms with Gasteiger partial charge in [-0.05, 0) is 65.9 Å². The summed E-state index contributed by atoms with van der Waals surface area (Å²) in [6.07, 6.45) is 1.87. The quantitative estimate of drug-likeness (QED) is 0.258. The Kier molecular flexibility index (Phi) is 7.33. The Balaban J connectivity index is 1.33. The molecule has 0 saturated heterocycles. The molecule has 0 saturated carbocycles. The van der Waals surface area contributed by atoms with E-state index in [1.807, 2.05) is 42.5 Å². The Bertz CT molecular complexity index is 1580. The van der Waals surface area contributed by atoms with Gasteiger partial charge >= 0.3 is 0 Å². The standard InChI is InChI=1S/C32H29FN2O3/c1-20-8-10-26(21(2)14-20)32(23-6-4-3-5-7-23)35-31(37)16-22-9-11-29-25(15-22)18-30(38-29)28(36)17-24-12-13-34-19-27(24)33/h3-15,18-19,28,32,36H,16-17H2,1-2H3,(H,35,37). The molecule has 5 aromatic rings. The number of benzene rings is 3. The fraction of sp³-hybridized carbons (Fsp3) is 0.188. The van der Waals surface area contributed by atoms with Crippen LogP contribution in [0, 0.1) is 19.7 Å². The second kappa shape index (κ2) is 11.0. The number of hydrogen-bond donors (Lipinski definition) is 2. The maximum atomic E-state index is 13.9. The summed E-state index contributed by atoms with van der Waals surface area (Å²) < 4.78 is 19.8. The van der Waals surface area contributed by atoms with Crippen molar-refractivity contribution in [1.82, 2.24) is 10.3 Å². The summed E-state index contributed by atoms with van der Waals surface area (Å²) in [6, 6.07) is 24.7. The number of halogens is 1. The van der Waals surface area contributed by atoms with Gasteiger partial charge in [-0.2, -0.15) is 0 Å². The van der Waals surface area contributed by atoms with E-state index in [1.54, 1.807) is 18.2 Å². The number of pyridine rings is 1. The molecule has 2 N–H and O–H groups in total. The summed E-state index contributed by atoms with van der Waals surface area (Å²) in [7, 11) is 0. The van der Waals surface area contributed by atoms with Gasteiger partial charge in [-0.25, -0.2) is 4.39 Å². The molecule has 0 bridgehead atoms. The van der Waals surface area contributed by atoms with Crippen molar-refractivity contribution in [3.8, 4) is 0 Å². The number of aliphatic hydroxyl groups excluding tert-OH is 1. The predicted octanol–water partition coefficient (Wildman–Crippen LogP) is 6.31. The van der Waals surface area contributed by atoms with Crippen LogP contribution in [0.3, 0.4) is 0 Å². The average molecular weight is 509 g/mol. The number of rotatable bonds is 8. The summed E-state index contributed by atoms with van der Waals surface area (Å²) in [6.45, 7) is 4.12. The van der Waals surface area contributed by atoms with Gasteiger partial charge in [0.2, 0.25) is 5.91 Å². The molecule has 2 aromatic heterocycles. The third-order valence-corrected chi connectivity index (χ3v) is 6.74. The van der Waals surface area contributed by atoms with Gasteiger partial charge in [-0.3, -0.25) is 9.78 Å². The van der Waals surface area contributed by atoms with E-state index in [0.29, 0.717) is 16.9 Å². The second-order valence-electron chi connectivity index (χ2n) is 9.66. The topological polar surface area (TPSA) is 75.4 Å². The summed E-state index contributed by atoms with van der Waals surface area (Å²) in [4.78, 5) is 17.0. The zero-order chi connectivity index (χ0) is 26.6. The Morgan fingerprint density at radius 1 is 1.03 bits per heavy atom. The smallest absolute Gasteiger partial charge is 0.225 e. The SMILES string of the molecule is Cc1ccc(C(NC(=O)Cc2ccc3oc(C(O)Cc4ccncc4F)cc3c2)c2ccccc2)c(C)c1. The number of fused-ring (bicyclic) bond motifs is 1. The second-order valence-corrected chi connectivity index (χ2v) is 9.66. The molecule has 192 valence electrons. The first-order valence-corrected chi connectivity index (χ1v) is 12.6. The molecule has 3 aromatic carbocycles. The number of aromatic nitrogens is 1. The lowest BCUT2D eigenvalue weighted by atomic mass is 9.93. The minimum absolute atomic E-state index is 0.0722. The highest BCUT2D eigenvalue weighted by atomic mass is 19.1. The molecule has 2 atom stereocenters. The first-order chi connectivity index (χ1) is 18.4. The van der Waals surface area contributed by atoms with Gasteiger partial charge in [-0.15, -0.1) is 0 Å². The molecule has 6 heteroatoms. The molecule has 0 aliphatic carbocycles. The molecule has 2 heterocycles. The number of aliphatic hydroxyl groups is 1. The lowest BCUT2D eigenvalue weighted by Crippen LogP contribution is -2.31. The number of aryl methyl sites for hydroxylation is 2. The highest BCUT2D eigenvalue weighted by Crippen LogP contribution is 2.29. The third-order valence-electron chi connectivity index (χ3n) is 6.74. The van der Waals surface area contributed by atoms with Crippen LogP contribution in [0.4, 0.5) is 4.39 Å². The molecule has 5 nitrogen and oxygen atoms in total. The average Bonchev–Trinajstić information content (AvgIpc) is 3.33. The van der Waals surface area contributed by atoms with Crippen molar-refractivity contribution >= 4 is 16.9 Å². The molecular formula is C32H29FN2O3. The van der Waals surface area contributed by atoms with Crippen molar-refractivity contribution in [2.45, 2.75) is 38.8 Å². The number of carbonyl (C=O) groups is 1. The number of nitrogens with one attached hydrogen (secondary N) is 1. The van der Waals surface area contributed by atoms with Gasteiger partial charge in [-0.1, -0.05) is 60.2 Å². The zero-order valence-corrected chi connectivity index (χ0v) is 21.3. The van der Waals surface area contributed by atoms with Crippen molar-refractivity contribution in [2.75, 3.05) is 0 Å². The molecule has 0 aliphatic rings. The molecule has 2 unspecified atom stereocenters. The van der Waals surface area contributed by atoms with Crippen molar-refractivity contribution < 1.29 is 18.7 Å². The van der Waals surface area contributed by atoms with Gasteiger partial charge in [0, 0.05) is 18.0 Å². The summed E-state index contributed by atoms with van der Waals surface area (Å²) in [5.41, 5.74) is 6.15. The van der Waals surface area contributed by atoms with E-state index in [0.717, 1.165) is 33.8 Å². The maximum absolute atomic E-state index is 13.9. The molecule has 0 radical (unpaired) electrons. The normalized spacial score (nSPS) is 12.8. The highest BCUT2D eigenvalue weighted by Gasteiger charge is 2.20. The largest absolute Gasteiger partial charge is 0.458 e. The van der Waals surface area contributed by atoms with Gasteiger partial charge in [0.25, 0.3) is 0 Å². The molecule has 1 amide bonds. The van der Waals surface area contributed by atoms with E-state index in [9.17, 15) is 14.3 Å². The molecule has 0 aliphatic heterocycles. The molecule has 0 fully saturated rings. The van der Waals surface area contributed by atoms with Crippen LogP contribution >= 0.6 is 0 Å². The molecule has 0 spiro atoms. The van der Waals surface area contributed by atoms with E-state index < -0.39 is 11.9 Å². The van der Waals surface area contributed by atoms with E-state index in [4.69, 9.17) is 4.42 Å². The summed E-state index contributed by atoms with van der Waals surface area (Å²) in [5, 5.41) is 14.6. The number of carbonyl (C=O) groups excluding carboxylic acids is 1. The van der Waals surface area contributed by atoms with Crippen LogP contribution < -0.4 is 5.32 Å². The Morgan fingerprint density at radius 2 is 1.84 bits per heavy atom. The van der Waals surface area contributed by atoms with Crippen LogP contribution in [0.25, 0.3) is 11.0 Å². The van der Waals surface area contributed by atoms with Crippen molar-refractivity contribution in [3.05, 3.63) is 136 Å². The third kappa shape index (κ3) is 5.66. The van der Waals surface area contributed by atoms with E-state index in [1.165, 1.54) is 11.8 Å². The summed E-state index contributed by atoms with van der Waals surface area (Å²) >= 11 is 0. The van der Waals surface area contributed by atoms with E-state index in [2.05, 4.69) is 42.3 Å². The highest BCUT2D eigenvalue weighted by molar-refractivity contribution is 5.83. The van der Waals surface area contributed by atoms with Crippen molar-refractivity contribution in [3.63, 3.8) is 0 Å². The number of amides is 1. The van der Waals surface area contributed by atoms with Gasteiger partial charge in [0.15, 0.2) is 0 Å². The first kappa shape index (κ1) is 25.4. The van der Waals surface area contributed by atoms with Crippen molar-refractivity contribution in [2.24, 2.45) is 0 Å². The fourth-order valence-corrected chi connectivity index (χ4v) is 4.80. The van der Waals surface area contributed by atoms with E-state index in [-0.39, 0.29) is 24.8 Å². The van der Waals surface area contributed by atoms with Crippen LogP contribution in [0.15, 0.2) is 95.7 Å². The van der Waals surface area contributed by atoms with Crippen LogP contribution in [0.1, 0.15) is 51.3 Å². The molecule has 38 heavy (non-hydrogen) atoms.